The lowest BCUT2D eigenvalue weighted by Gasteiger charge is -2.11. The van der Waals surface area contributed by atoms with Crippen molar-refractivity contribution in [2.24, 2.45) is 0 Å². The summed E-state index contributed by atoms with van der Waals surface area (Å²) in [4.78, 5) is 31.6. The van der Waals surface area contributed by atoms with Gasteiger partial charge in [0.05, 0.1) is 0 Å². The third kappa shape index (κ3) is 4.57. The number of aromatic nitrogens is 2. The minimum absolute atomic E-state index is 0.0976. The summed E-state index contributed by atoms with van der Waals surface area (Å²) in [5.74, 6) is 1.32. The molecule has 1 unspecified atom stereocenters. The summed E-state index contributed by atoms with van der Waals surface area (Å²) >= 11 is 0. The van der Waals surface area contributed by atoms with E-state index in [0.29, 0.717) is 17.9 Å². The largest absolute Gasteiger partial charge is 0.427 e. The average molecular weight is 331 g/mol. The molecule has 24 heavy (non-hydrogen) atoms. The van der Waals surface area contributed by atoms with Crippen molar-refractivity contribution in [2.75, 3.05) is 6.54 Å². The quantitative estimate of drug-likeness (QED) is 0.728. The molecule has 130 valence electrons. The zero-order valence-electron chi connectivity index (χ0n) is 14.5. The first-order valence-electron chi connectivity index (χ1n) is 8.44. The van der Waals surface area contributed by atoms with Crippen LogP contribution in [0.1, 0.15) is 66.5 Å². The van der Waals surface area contributed by atoms with E-state index in [4.69, 9.17) is 4.42 Å². The average Bonchev–Trinajstić information content (AvgIpc) is 3.04. The second-order valence-electron chi connectivity index (χ2n) is 6.08. The van der Waals surface area contributed by atoms with Gasteiger partial charge in [-0.2, -0.15) is 0 Å². The van der Waals surface area contributed by atoms with Crippen LogP contribution in [0.5, 0.6) is 0 Å². The molecular formula is C18H25N3O3. The maximum Gasteiger partial charge on any atom is 0.349 e. The maximum absolute atomic E-state index is 12.3. The molecule has 2 aromatic rings. The van der Waals surface area contributed by atoms with Crippen molar-refractivity contribution in [3.63, 3.8) is 0 Å². The number of H-pyrrole nitrogens is 1. The van der Waals surface area contributed by atoms with E-state index >= 15 is 0 Å². The smallest absolute Gasteiger partial charge is 0.349 e. The molecule has 0 fully saturated rings. The first kappa shape index (κ1) is 18.0. The van der Waals surface area contributed by atoms with Gasteiger partial charge in [0.25, 0.3) is 5.91 Å². The molecule has 1 atom stereocenters. The predicted octanol–water partition coefficient (Wildman–Crippen LogP) is 2.94. The van der Waals surface area contributed by atoms with Crippen LogP contribution in [-0.4, -0.2) is 22.4 Å². The van der Waals surface area contributed by atoms with Crippen LogP contribution in [0.2, 0.25) is 0 Å². The molecule has 2 aromatic heterocycles. The number of imidazole rings is 1. The van der Waals surface area contributed by atoms with Crippen molar-refractivity contribution in [2.45, 2.75) is 52.4 Å². The van der Waals surface area contributed by atoms with E-state index in [2.05, 4.69) is 22.2 Å². The minimum atomic E-state index is -0.559. The second-order valence-corrected chi connectivity index (χ2v) is 6.08. The molecule has 2 rings (SSSR count). The van der Waals surface area contributed by atoms with Gasteiger partial charge in [0.2, 0.25) is 0 Å². The van der Waals surface area contributed by atoms with Crippen molar-refractivity contribution >= 4 is 5.91 Å². The fourth-order valence-electron chi connectivity index (χ4n) is 2.70. The fourth-order valence-corrected chi connectivity index (χ4v) is 2.70. The van der Waals surface area contributed by atoms with Gasteiger partial charge >= 0.3 is 5.63 Å². The van der Waals surface area contributed by atoms with Crippen molar-refractivity contribution < 1.29 is 9.21 Å². The Labute approximate surface area is 141 Å². The number of rotatable bonds is 8. The molecule has 0 saturated heterocycles. The Morgan fingerprint density at radius 1 is 1.46 bits per heavy atom. The Bertz CT molecular complexity index is 720. The van der Waals surface area contributed by atoms with Crippen molar-refractivity contribution in [1.29, 1.82) is 0 Å². The molecule has 0 radical (unpaired) electrons. The van der Waals surface area contributed by atoms with E-state index in [1.54, 1.807) is 25.4 Å². The summed E-state index contributed by atoms with van der Waals surface area (Å²) in [6, 6.07) is 1.81. The molecule has 0 aliphatic rings. The molecule has 0 spiro atoms. The number of aromatic amines is 1. The first-order chi connectivity index (χ1) is 11.5. The van der Waals surface area contributed by atoms with Crippen LogP contribution in [0.3, 0.4) is 0 Å². The standard InChI is InChI=1S/C18H25N3O3/c1-4-6-12(2)14-11-13(3)16(18(23)24-14)17(22)21-8-5-7-15-19-9-10-20-15/h9-12H,4-8H2,1-3H3,(H,19,20)(H,21,22). The summed E-state index contributed by atoms with van der Waals surface area (Å²) in [5, 5.41) is 2.78. The Morgan fingerprint density at radius 3 is 2.88 bits per heavy atom. The molecular weight excluding hydrogens is 306 g/mol. The highest BCUT2D eigenvalue weighted by Crippen LogP contribution is 2.21. The molecule has 0 saturated carbocycles. The van der Waals surface area contributed by atoms with Gasteiger partial charge in [0, 0.05) is 31.3 Å². The lowest BCUT2D eigenvalue weighted by Crippen LogP contribution is -2.30. The normalized spacial score (nSPS) is 12.1. The number of nitrogens with one attached hydrogen (secondary N) is 2. The second kappa shape index (κ2) is 8.47. The Morgan fingerprint density at radius 2 is 2.25 bits per heavy atom. The number of carbonyl (C=O) groups excluding carboxylic acids is 1. The monoisotopic (exact) mass is 331 g/mol. The summed E-state index contributed by atoms with van der Waals surface area (Å²) in [6.07, 6.45) is 6.92. The van der Waals surface area contributed by atoms with Gasteiger partial charge in [-0.15, -0.1) is 0 Å². The topological polar surface area (TPSA) is 88.0 Å². The van der Waals surface area contributed by atoms with Gasteiger partial charge in [0.1, 0.15) is 17.1 Å². The third-order valence-electron chi connectivity index (χ3n) is 4.03. The minimum Gasteiger partial charge on any atom is -0.427 e. The summed E-state index contributed by atoms with van der Waals surface area (Å²) in [7, 11) is 0. The molecule has 6 nitrogen and oxygen atoms in total. The summed E-state index contributed by atoms with van der Waals surface area (Å²) in [6.45, 7) is 6.37. The number of amides is 1. The van der Waals surface area contributed by atoms with E-state index < -0.39 is 5.63 Å². The van der Waals surface area contributed by atoms with Gasteiger partial charge in [-0.3, -0.25) is 4.79 Å². The number of nitrogens with zero attached hydrogens (tertiary/aromatic N) is 1. The van der Waals surface area contributed by atoms with Crippen molar-refractivity contribution in [1.82, 2.24) is 15.3 Å². The number of hydrogen-bond donors (Lipinski definition) is 2. The highest BCUT2D eigenvalue weighted by Gasteiger charge is 2.18. The molecule has 6 heteroatoms. The first-order valence-corrected chi connectivity index (χ1v) is 8.44. The van der Waals surface area contributed by atoms with E-state index in [1.165, 1.54) is 0 Å². The molecule has 0 bridgehead atoms. The van der Waals surface area contributed by atoms with Gasteiger partial charge in [0.15, 0.2) is 0 Å². The van der Waals surface area contributed by atoms with E-state index in [-0.39, 0.29) is 17.4 Å². The fraction of sp³-hybridized carbons (Fsp3) is 0.500. The Kier molecular flexibility index (Phi) is 6.35. The Balaban J connectivity index is 1.97. The molecule has 0 aliphatic heterocycles. The zero-order valence-corrected chi connectivity index (χ0v) is 14.5. The molecule has 2 heterocycles. The lowest BCUT2D eigenvalue weighted by atomic mass is 10.0. The molecule has 0 aliphatic carbocycles. The predicted molar refractivity (Wildman–Crippen MR) is 92.3 cm³/mol. The van der Waals surface area contributed by atoms with Crippen LogP contribution < -0.4 is 10.9 Å². The van der Waals surface area contributed by atoms with Gasteiger partial charge in [-0.25, -0.2) is 9.78 Å². The SMILES string of the molecule is CCCC(C)c1cc(C)c(C(=O)NCCCc2ncc[nH]2)c(=O)o1. The van der Waals surface area contributed by atoms with Crippen molar-refractivity contribution in [3.8, 4) is 0 Å². The number of aryl methyl sites for hydroxylation is 2. The highest BCUT2D eigenvalue weighted by atomic mass is 16.4. The van der Waals surface area contributed by atoms with Gasteiger partial charge in [-0.1, -0.05) is 20.3 Å². The van der Waals surface area contributed by atoms with Crippen LogP contribution in [-0.2, 0) is 6.42 Å². The Hall–Kier alpha value is -2.37. The van der Waals surface area contributed by atoms with E-state index in [1.807, 2.05) is 6.92 Å². The number of carbonyl (C=O) groups is 1. The molecule has 2 N–H and O–H groups in total. The molecule has 0 aromatic carbocycles. The number of hydrogen-bond acceptors (Lipinski definition) is 4. The maximum atomic E-state index is 12.3. The van der Waals surface area contributed by atoms with E-state index in [9.17, 15) is 9.59 Å². The highest BCUT2D eigenvalue weighted by molar-refractivity contribution is 5.95. The van der Waals surface area contributed by atoms with Crippen LogP contribution in [0, 0.1) is 6.92 Å². The van der Waals surface area contributed by atoms with Crippen molar-refractivity contribution in [3.05, 3.63) is 51.6 Å². The van der Waals surface area contributed by atoms with Crippen LogP contribution in [0.25, 0.3) is 0 Å². The zero-order chi connectivity index (χ0) is 17.5. The van der Waals surface area contributed by atoms with E-state index in [0.717, 1.165) is 31.5 Å². The van der Waals surface area contributed by atoms with Gasteiger partial charge in [-0.05, 0) is 31.4 Å². The van der Waals surface area contributed by atoms with Gasteiger partial charge < -0.3 is 14.7 Å². The summed E-state index contributed by atoms with van der Waals surface area (Å²) < 4.78 is 5.36. The lowest BCUT2D eigenvalue weighted by molar-refractivity contribution is 0.0948. The van der Waals surface area contributed by atoms with Crippen LogP contribution in [0.15, 0.2) is 27.7 Å². The van der Waals surface area contributed by atoms with Crippen LogP contribution >= 0.6 is 0 Å². The van der Waals surface area contributed by atoms with Crippen LogP contribution in [0.4, 0.5) is 0 Å². The third-order valence-corrected chi connectivity index (χ3v) is 4.03. The summed E-state index contributed by atoms with van der Waals surface area (Å²) in [5.41, 5.74) is 0.199. The molecule has 1 amide bonds.